The monoisotopic (exact) mass is 276 g/mol. The Labute approximate surface area is 116 Å². The standard InChI is InChI=1S/C15H17FN2O2/c16-11-3-1-9(2-4-11)10-7-12(8-10)17-13-5-6-14(19)18-15(13)20/h1-4,10,12-13,17H,5-8H2,(H,18,19,20). The second-order valence-electron chi connectivity index (χ2n) is 5.59. The molecule has 20 heavy (non-hydrogen) atoms. The number of nitrogens with one attached hydrogen (secondary N) is 2. The molecule has 0 spiro atoms. The molecular weight excluding hydrogens is 259 g/mol. The van der Waals surface area contributed by atoms with E-state index in [0.717, 1.165) is 18.4 Å². The van der Waals surface area contributed by atoms with Gasteiger partial charge in [-0.05, 0) is 42.9 Å². The van der Waals surface area contributed by atoms with Crippen molar-refractivity contribution in [1.82, 2.24) is 10.6 Å². The van der Waals surface area contributed by atoms with Crippen molar-refractivity contribution in [2.45, 2.75) is 43.7 Å². The van der Waals surface area contributed by atoms with E-state index in [-0.39, 0.29) is 23.7 Å². The van der Waals surface area contributed by atoms with Crippen molar-refractivity contribution >= 4 is 11.8 Å². The van der Waals surface area contributed by atoms with E-state index in [1.54, 1.807) is 0 Å². The van der Waals surface area contributed by atoms with Crippen molar-refractivity contribution in [3.8, 4) is 0 Å². The van der Waals surface area contributed by atoms with Gasteiger partial charge in [0, 0.05) is 12.5 Å². The molecule has 2 aliphatic rings. The van der Waals surface area contributed by atoms with Gasteiger partial charge >= 0.3 is 0 Å². The summed E-state index contributed by atoms with van der Waals surface area (Å²) in [5.41, 5.74) is 1.15. The van der Waals surface area contributed by atoms with Crippen molar-refractivity contribution < 1.29 is 14.0 Å². The lowest BCUT2D eigenvalue weighted by atomic mass is 9.75. The highest BCUT2D eigenvalue weighted by Gasteiger charge is 2.35. The second kappa shape index (κ2) is 5.32. The average molecular weight is 276 g/mol. The third kappa shape index (κ3) is 2.72. The van der Waals surface area contributed by atoms with Gasteiger partial charge < -0.3 is 5.32 Å². The van der Waals surface area contributed by atoms with E-state index in [1.807, 2.05) is 12.1 Å². The molecule has 1 heterocycles. The van der Waals surface area contributed by atoms with Gasteiger partial charge in [-0.25, -0.2) is 4.39 Å². The highest BCUT2D eigenvalue weighted by Crippen LogP contribution is 2.37. The van der Waals surface area contributed by atoms with Crippen LogP contribution in [0.5, 0.6) is 0 Å². The van der Waals surface area contributed by atoms with Gasteiger partial charge in [-0.15, -0.1) is 0 Å². The normalized spacial score (nSPS) is 29.8. The molecule has 2 N–H and O–H groups in total. The highest BCUT2D eigenvalue weighted by molar-refractivity contribution is 6.00. The smallest absolute Gasteiger partial charge is 0.243 e. The molecule has 1 atom stereocenters. The highest BCUT2D eigenvalue weighted by atomic mass is 19.1. The first-order valence-corrected chi connectivity index (χ1v) is 6.97. The quantitative estimate of drug-likeness (QED) is 0.822. The predicted octanol–water partition coefficient (Wildman–Crippen LogP) is 1.47. The molecular formula is C15H17FN2O2. The third-order valence-electron chi connectivity index (χ3n) is 4.16. The lowest BCUT2D eigenvalue weighted by molar-refractivity contribution is -0.135. The summed E-state index contributed by atoms with van der Waals surface area (Å²) in [4.78, 5) is 22.7. The number of halogens is 1. The van der Waals surface area contributed by atoms with E-state index in [2.05, 4.69) is 10.6 Å². The lowest BCUT2D eigenvalue weighted by Gasteiger charge is -2.39. The minimum atomic E-state index is -0.258. The second-order valence-corrected chi connectivity index (χ2v) is 5.59. The van der Waals surface area contributed by atoms with Gasteiger partial charge in [0.2, 0.25) is 11.8 Å². The zero-order valence-corrected chi connectivity index (χ0v) is 11.1. The summed E-state index contributed by atoms with van der Waals surface area (Å²) < 4.78 is 12.8. The fourth-order valence-corrected chi connectivity index (χ4v) is 2.90. The van der Waals surface area contributed by atoms with E-state index in [1.165, 1.54) is 12.1 Å². The zero-order valence-electron chi connectivity index (χ0n) is 11.1. The van der Waals surface area contributed by atoms with Crippen molar-refractivity contribution in [3.63, 3.8) is 0 Å². The molecule has 0 radical (unpaired) electrons. The van der Waals surface area contributed by atoms with Crippen LogP contribution in [0, 0.1) is 5.82 Å². The number of piperidine rings is 1. The van der Waals surface area contributed by atoms with Crippen LogP contribution in [0.3, 0.4) is 0 Å². The average Bonchev–Trinajstić information content (AvgIpc) is 2.37. The number of hydrogen-bond donors (Lipinski definition) is 2. The zero-order chi connectivity index (χ0) is 14.1. The van der Waals surface area contributed by atoms with Crippen LogP contribution in [0.1, 0.15) is 37.2 Å². The van der Waals surface area contributed by atoms with Gasteiger partial charge in [0.25, 0.3) is 0 Å². The summed E-state index contributed by atoms with van der Waals surface area (Å²) in [7, 11) is 0. The molecule has 1 aromatic rings. The molecule has 5 heteroatoms. The lowest BCUT2D eigenvalue weighted by Crippen LogP contribution is -2.55. The maximum atomic E-state index is 12.8. The summed E-state index contributed by atoms with van der Waals surface area (Å²) >= 11 is 0. The Morgan fingerprint density at radius 1 is 1.15 bits per heavy atom. The molecule has 4 nitrogen and oxygen atoms in total. The Balaban J connectivity index is 1.50. The van der Waals surface area contributed by atoms with Crippen molar-refractivity contribution in [2.75, 3.05) is 0 Å². The van der Waals surface area contributed by atoms with E-state index in [0.29, 0.717) is 24.8 Å². The number of carbonyl (C=O) groups excluding carboxylic acids is 2. The van der Waals surface area contributed by atoms with E-state index < -0.39 is 0 Å². The molecule has 1 aromatic carbocycles. The molecule has 1 unspecified atom stereocenters. The number of hydrogen-bond acceptors (Lipinski definition) is 3. The SMILES string of the molecule is O=C1CCC(NC2CC(c3ccc(F)cc3)C2)C(=O)N1. The fraction of sp³-hybridized carbons (Fsp3) is 0.467. The van der Waals surface area contributed by atoms with Crippen LogP contribution in [-0.2, 0) is 9.59 Å². The van der Waals surface area contributed by atoms with E-state index in [4.69, 9.17) is 0 Å². The largest absolute Gasteiger partial charge is 0.303 e. The first-order valence-electron chi connectivity index (χ1n) is 6.97. The number of rotatable bonds is 3. The van der Waals surface area contributed by atoms with Crippen molar-refractivity contribution in [2.24, 2.45) is 0 Å². The molecule has 0 aromatic heterocycles. The fourth-order valence-electron chi connectivity index (χ4n) is 2.90. The third-order valence-corrected chi connectivity index (χ3v) is 4.16. The van der Waals surface area contributed by atoms with Crippen LogP contribution < -0.4 is 10.6 Å². The van der Waals surface area contributed by atoms with Gasteiger partial charge in [0.15, 0.2) is 0 Å². The van der Waals surface area contributed by atoms with E-state index in [9.17, 15) is 14.0 Å². The van der Waals surface area contributed by atoms with Gasteiger partial charge in [-0.3, -0.25) is 14.9 Å². The first kappa shape index (κ1) is 13.2. The van der Waals surface area contributed by atoms with Crippen LogP contribution in [0.4, 0.5) is 4.39 Å². The molecule has 1 saturated carbocycles. The Bertz CT molecular complexity index is 523. The minimum Gasteiger partial charge on any atom is -0.303 e. The van der Waals surface area contributed by atoms with Gasteiger partial charge in [-0.2, -0.15) is 0 Å². The number of benzene rings is 1. The van der Waals surface area contributed by atoms with Gasteiger partial charge in [0.1, 0.15) is 5.82 Å². The minimum absolute atomic E-state index is 0.189. The Morgan fingerprint density at radius 3 is 2.50 bits per heavy atom. The Hall–Kier alpha value is -1.75. The van der Waals surface area contributed by atoms with E-state index >= 15 is 0 Å². The molecule has 2 amide bonds. The van der Waals surface area contributed by atoms with Gasteiger partial charge in [-0.1, -0.05) is 12.1 Å². The molecule has 2 fully saturated rings. The molecule has 106 valence electrons. The Kier molecular flexibility index (Phi) is 3.53. The summed E-state index contributed by atoms with van der Waals surface area (Å²) in [6, 6.07) is 6.65. The molecule has 0 bridgehead atoms. The van der Waals surface area contributed by atoms with Crippen molar-refractivity contribution in [3.05, 3.63) is 35.6 Å². The summed E-state index contributed by atoms with van der Waals surface area (Å²) in [5.74, 6) is -0.190. The number of imide groups is 1. The topological polar surface area (TPSA) is 58.2 Å². The summed E-state index contributed by atoms with van der Waals surface area (Å²) in [6.45, 7) is 0. The first-order chi connectivity index (χ1) is 9.61. The molecule has 1 saturated heterocycles. The maximum absolute atomic E-state index is 12.8. The number of carbonyl (C=O) groups is 2. The number of amides is 2. The van der Waals surface area contributed by atoms with Crippen LogP contribution >= 0.6 is 0 Å². The molecule has 1 aliphatic carbocycles. The summed E-state index contributed by atoms with van der Waals surface area (Å²) in [5, 5.41) is 5.65. The Morgan fingerprint density at radius 2 is 1.85 bits per heavy atom. The maximum Gasteiger partial charge on any atom is 0.243 e. The van der Waals surface area contributed by atoms with Crippen molar-refractivity contribution in [1.29, 1.82) is 0 Å². The molecule has 1 aliphatic heterocycles. The molecule has 3 rings (SSSR count). The predicted molar refractivity (Wildman–Crippen MR) is 71.5 cm³/mol. The van der Waals surface area contributed by atoms with Crippen LogP contribution in [-0.4, -0.2) is 23.9 Å². The van der Waals surface area contributed by atoms with Crippen LogP contribution in [0.25, 0.3) is 0 Å². The van der Waals surface area contributed by atoms with Gasteiger partial charge in [0.05, 0.1) is 6.04 Å². The van der Waals surface area contributed by atoms with Crippen LogP contribution in [0.15, 0.2) is 24.3 Å². The van der Waals surface area contributed by atoms with Crippen LogP contribution in [0.2, 0.25) is 0 Å². The summed E-state index contributed by atoms with van der Waals surface area (Å²) in [6.07, 6.45) is 2.87.